The zero-order chi connectivity index (χ0) is 22.1. The summed E-state index contributed by atoms with van der Waals surface area (Å²) in [6.07, 6.45) is 3.36. The fourth-order valence-electron chi connectivity index (χ4n) is 3.43. The van der Waals surface area contributed by atoms with Crippen molar-refractivity contribution >= 4 is 17.5 Å². The lowest BCUT2D eigenvalue weighted by Crippen LogP contribution is -2.14. The Morgan fingerprint density at radius 2 is 1.71 bits per heavy atom. The highest BCUT2D eigenvalue weighted by atomic mass is 16.2. The Morgan fingerprint density at radius 1 is 0.968 bits per heavy atom. The molecule has 0 aliphatic heterocycles. The molecule has 7 nitrogen and oxygen atoms in total. The number of hydrogen-bond acceptors (Lipinski definition) is 3. The molecule has 4 aromatic rings. The standard InChI is InChI=1S/C24H23N5O2/c1-15-9-10-17(11-16(15)2)22-20(14-29(27-22)19-7-5-4-6-8-19)24(31)26-18-12-21(23(25)30)28(3)13-18/h4-14H,1-3H3,(H2,25,30)(H,26,31). The Hall–Kier alpha value is -4.13. The van der Waals surface area contributed by atoms with E-state index in [1.54, 1.807) is 34.8 Å². The molecule has 0 saturated carbocycles. The third-order valence-corrected chi connectivity index (χ3v) is 5.28. The van der Waals surface area contributed by atoms with Crippen LogP contribution < -0.4 is 11.1 Å². The van der Waals surface area contributed by atoms with Gasteiger partial charge in [0.1, 0.15) is 11.4 Å². The highest BCUT2D eigenvalue weighted by Gasteiger charge is 2.20. The maximum Gasteiger partial charge on any atom is 0.265 e. The van der Waals surface area contributed by atoms with Crippen LogP contribution in [0.15, 0.2) is 67.0 Å². The van der Waals surface area contributed by atoms with E-state index in [4.69, 9.17) is 10.8 Å². The predicted molar refractivity (Wildman–Crippen MR) is 120 cm³/mol. The molecule has 4 rings (SSSR count). The highest BCUT2D eigenvalue weighted by Crippen LogP contribution is 2.27. The van der Waals surface area contributed by atoms with E-state index in [0.717, 1.165) is 16.8 Å². The van der Waals surface area contributed by atoms with E-state index < -0.39 is 5.91 Å². The molecule has 0 aliphatic rings. The van der Waals surface area contributed by atoms with E-state index in [0.29, 0.717) is 22.6 Å². The number of nitrogens with two attached hydrogens (primary N) is 1. The molecule has 0 aliphatic carbocycles. The second-order valence-corrected chi connectivity index (χ2v) is 7.51. The van der Waals surface area contributed by atoms with E-state index >= 15 is 0 Å². The van der Waals surface area contributed by atoms with Gasteiger partial charge in [-0.1, -0.05) is 30.3 Å². The Bertz CT molecular complexity index is 1280. The first kappa shape index (κ1) is 20.2. The summed E-state index contributed by atoms with van der Waals surface area (Å²) in [5, 5.41) is 7.57. The van der Waals surface area contributed by atoms with E-state index in [-0.39, 0.29) is 5.91 Å². The molecule has 2 amide bonds. The Labute approximate surface area is 180 Å². The van der Waals surface area contributed by atoms with E-state index in [2.05, 4.69) is 5.32 Å². The van der Waals surface area contributed by atoms with Crippen molar-refractivity contribution in [3.05, 3.63) is 89.4 Å². The second kappa shape index (κ2) is 7.95. The Kier molecular flexibility index (Phi) is 5.17. The number of carbonyl (C=O) groups is 2. The maximum atomic E-state index is 13.2. The summed E-state index contributed by atoms with van der Waals surface area (Å²) in [5.41, 5.74) is 11.2. The SMILES string of the molecule is Cc1ccc(-c2nn(-c3ccccc3)cc2C(=O)Nc2cc(C(N)=O)n(C)c2)cc1C. The quantitative estimate of drug-likeness (QED) is 0.520. The van der Waals surface area contributed by atoms with Gasteiger partial charge in [0.05, 0.1) is 16.9 Å². The molecular formula is C24H23N5O2. The molecule has 31 heavy (non-hydrogen) atoms. The molecule has 0 atom stereocenters. The summed E-state index contributed by atoms with van der Waals surface area (Å²) in [7, 11) is 1.70. The molecule has 0 spiro atoms. The van der Waals surface area contributed by atoms with Crippen molar-refractivity contribution in [3.8, 4) is 16.9 Å². The van der Waals surface area contributed by atoms with Crippen LogP contribution in [0.25, 0.3) is 16.9 Å². The third kappa shape index (κ3) is 3.98. The minimum Gasteiger partial charge on any atom is -0.364 e. The second-order valence-electron chi connectivity index (χ2n) is 7.51. The summed E-state index contributed by atoms with van der Waals surface area (Å²) in [4.78, 5) is 24.7. The van der Waals surface area contributed by atoms with Gasteiger partial charge in [-0.3, -0.25) is 9.59 Å². The van der Waals surface area contributed by atoms with Gasteiger partial charge >= 0.3 is 0 Å². The molecule has 0 radical (unpaired) electrons. The third-order valence-electron chi connectivity index (χ3n) is 5.28. The van der Waals surface area contributed by atoms with Crippen LogP contribution in [0.4, 0.5) is 5.69 Å². The molecule has 156 valence electrons. The van der Waals surface area contributed by atoms with Crippen molar-refractivity contribution in [2.45, 2.75) is 13.8 Å². The van der Waals surface area contributed by atoms with Crippen LogP contribution >= 0.6 is 0 Å². The number of nitrogens with zero attached hydrogens (tertiary/aromatic N) is 3. The molecule has 0 fully saturated rings. The summed E-state index contributed by atoms with van der Waals surface area (Å²) in [6, 6.07) is 17.2. The van der Waals surface area contributed by atoms with E-state index in [1.807, 2.05) is 62.4 Å². The number of hydrogen-bond donors (Lipinski definition) is 2. The van der Waals surface area contributed by atoms with E-state index in [1.165, 1.54) is 5.56 Å². The van der Waals surface area contributed by atoms with Gasteiger partial charge in [-0.2, -0.15) is 5.10 Å². The fraction of sp³-hybridized carbons (Fsp3) is 0.125. The predicted octanol–water partition coefficient (Wildman–Crippen LogP) is 3.85. The largest absolute Gasteiger partial charge is 0.364 e. The fourth-order valence-corrected chi connectivity index (χ4v) is 3.43. The summed E-state index contributed by atoms with van der Waals surface area (Å²) >= 11 is 0. The first-order valence-corrected chi connectivity index (χ1v) is 9.83. The van der Waals surface area contributed by atoms with Crippen LogP contribution in [0, 0.1) is 13.8 Å². The molecular weight excluding hydrogens is 390 g/mol. The number of rotatable bonds is 5. The highest BCUT2D eigenvalue weighted by molar-refractivity contribution is 6.08. The smallest absolute Gasteiger partial charge is 0.265 e. The minimum atomic E-state index is -0.560. The van der Waals surface area contributed by atoms with Crippen molar-refractivity contribution in [2.75, 3.05) is 5.32 Å². The molecule has 3 N–H and O–H groups in total. The molecule has 7 heteroatoms. The minimum absolute atomic E-state index is 0.310. The van der Waals surface area contributed by atoms with Gasteiger partial charge in [0.25, 0.3) is 11.8 Å². The molecule has 0 saturated heterocycles. The zero-order valence-electron chi connectivity index (χ0n) is 17.6. The van der Waals surface area contributed by atoms with Gasteiger partial charge in [-0.25, -0.2) is 4.68 Å². The normalized spacial score (nSPS) is 10.8. The van der Waals surface area contributed by atoms with Crippen molar-refractivity contribution in [1.82, 2.24) is 14.3 Å². The number of carbonyl (C=O) groups excluding carboxylic acids is 2. The van der Waals surface area contributed by atoms with Crippen molar-refractivity contribution in [1.29, 1.82) is 0 Å². The number of nitrogens with one attached hydrogen (secondary N) is 1. The average Bonchev–Trinajstić information content (AvgIpc) is 3.35. The number of anilines is 1. The summed E-state index contributed by atoms with van der Waals surface area (Å²) in [6.45, 7) is 4.07. The van der Waals surface area contributed by atoms with Crippen LogP contribution in [-0.4, -0.2) is 26.2 Å². The van der Waals surface area contributed by atoms with Crippen LogP contribution in [0.2, 0.25) is 0 Å². The van der Waals surface area contributed by atoms with Crippen molar-refractivity contribution in [2.24, 2.45) is 12.8 Å². The van der Waals surface area contributed by atoms with Gasteiger partial charge in [-0.15, -0.1) is 0 Å². The molecule has 2 heterocycles. The number of aryl methyl sites for hydroxylation is 3. The van der Waals surface area contributed by atoms with E-state index in [9.17, 15) is 9.59 Å². The van der Waals surface area contributed by atoms with Crippen LogP contribution in [0.5, 0.6) is 0 Å². The Morgan fingerprint density at radius 3 is 2.35 bits per heavy atom. The number of amides is 2. The zero-order valence-corrected chi connectivity index (χ0v) is 17.6. The number of primary amides is 1. The lowest BCUT2D eigenvalue weighted by Gasteiger charge is -2.06. The number of benzene rings is 2. The van der Waals surface area contributed by atoms with Crippen LogP contribution in [-0.2, 0) is 7.05 Å². The van der Waals surface area contributed by atoms with Crippen LogP contribution in [0.3, 0.4) is 0 Å². The van der Waals surface area contributed by atoms with Gasteiger partial charge < -0.3 is 15.6 Å². The average molecular weight is 413 g/mol. The van der Waals surface area contributed by atoms with Gasteiger partial charge in [-0.05, 0) is 49.2 Å². The summed E-state index contributed by atoms with van der Waals surface area (Å²) < 4.78 is 3.27. The topological polar surface area (TPSA) is 94.9 Å². The molecule has 2 aromatic heterocycles. The lowest BCUT2D eigenvalue weighted by atomic mass is 10.0. The monoisotopic (exact) mass is 413 g/mol. The number of para-hydroxylation sites is 1. The molecule has 0 unspecified atom stereocenters. The molecule has 2 aromatic carbocycles. The first-order valence-electron chi connectivity index (χ1n) is 9.83. The van der Waals surface area contributed by atoms with Gasteiger partial charge in [0.2, 0.25) is 0 Å². The first-order chi connectivity index (χ1) is 14.8. The maximum absolute atomic E-state index is 13.2. The van der Waals surface area contributed by atoms with Crippen molar-refractivity contribution in [3.63, 3.8) is 0 Å². The van der Waals surface area contributed by atoms with Gasteiger partial charge in [0, 0.05) is 25.0 Å². The van der Waals surface area contributed by atoms with Gasteiger partial charge in [0.15, 0.2) is 0 Å². The molecule has 0 bridgehead atoms. The van der Waals surface area contributed by atoms with Crippen molar-refractivity contribution < 1.29 is 9.59 Å². The lowest BCUT2D eigenvalue weighted by molar-refractivity contribution is 0.0990. The number of aromatic nitrogens is 3. The Balaban J connectivity index is 1.77. The van der Waals surface area contributed by atoms with Crippen LogP contribution in [0.1, 0.15) is 32.0 Å². The summed E-state index contributed by atoms with van der Waals surface area (Å²) in [5.74, 6) is -0.882.